The average molecular weight is 400 g/mol. The number of piperidine rings is 4. The highest BCUT2D eigenvalue weighted by Gasteiger charge is 2.50. The summed E-state index contributed by atoms with van der Waals surface area (Å²) >= 11 is 0. The Balaban J connectivity index is 1.56. The molecule has 158 valence electrons. The van der Waals surface area contributed by atoms with Gasteiger partial charge < -0.3 is 19.7 Å². The lowest BCUT2D eigenvalue weighted by Gasteiger charge is -2.53. The van der Waals surface area contributed by atoms with Gasteiger partial charge in [0.15, 0.2) is 6.10 Å². The van der Waals surface area contributed by atoms with E-state index in [1.54, 1.807) is 0 Å². The van der Waals surface area contributed by atoms with Gasteiger partial charge in [-0.3, -0.25) is 4.90 Å². The van der Waals surface area contributed by atoms with Crippen LogP contribution in [0.1, 0.15) is 44.6 Å². The summed E-state index contributed by atoms with van der Waals surface area (Å²) < 4.78 is 6.85. The number of nitrogens with zero attached hydrogens (tertiary/aromatic N) is 2. The Morgan fingerprint density at radius 1 is 1.21 bits per heavy atom. The summed E-state index contributed by atoms with van der Waals surface area (Å²) in [4.78, 5) is 15.9. The first kappa shape index (κ1) is 20.4. The summed E-state index contributed by atoms with van der Waals surface area (Å²) in [6.45, 7) is 6.57. The van der Waals surface area contributed by atoms with Crippen LogP contribution in [0, 0.1) is 11.3 Å². The first-order chi connectivity index (χ1) is 13.9. The average Bonchev–Trinajstić information content (AvgIpc) is 2.74. The van der Waals surface area contributed by atoms with Gasteiger partial charge in [0.05, 0.1) is 13.1 Å². The van der Waals surface area contributed by atoms with Crippen LogP contribution >= 0.6 is 0 Å². The largest absolute Gasteiger partial charge is 0.858 e. The lowest BCUT2D eigenvalue weighted by molar-refractivity contribution is -0.940. The van der Waals surface area contributed by atoms with Crippen LogP contribution in [0.4, 0.5) is 0 Å². The Morgan fingerprint density at radius 3 is 2.48 bits per heavy atom. The molecule has 2 atom stereocenters. The molecular formula is C23H33N3O3. The van der Waals surface area contributed by atoms with Crippen molar-refractivity contribution in [2.75, 3.05) is 39.3 Å². The molecule has 4 aliphatic heterocycles. The highest BCUT2D eigenvalue weighted by molar-refractivity contribution is 5.82. The molecule has 4 saturated heterocycles. The fourth-order valence-electron chi connectivity index (χ4n) is 5.67. The van der Waals surface area contributed by atoms with E-state index in [4.69, 9.17) is 10.1 Å². The number of rotatable bonds is 6. The maximum atomic E-state index is 13.7. The van der Waals surface area contributed by atoms with E-state index in [2.05, 4.69) is 4.90 Å². The third-order valence-corrected chi connectivity index (χ3v) is 7.50. The zero-order valence-electron chi connectivity index (χ0n) is 17.4. The second kappa shape index (κ2) is 8.07. The van der Waals surface area contributed by atoms with Gasteiger partial charge in [0, 0.05) is 24.7 Å². The third-order valence-electron chi connectivity index (χ3n) is 7.50. The number of benzene rings is 1. The zero-order valence-corrected chi connectivity index (χ0v) is 17.4. The number of hydrogen-bond donors (Lipinski definition) is 1. The lowest BCUT2D eigenvalue weighted by atomic mass is 9.82. The first-order valence-electron chi connectivity index (χ1n) is 11.0. The summed E-state index contributed by atoms with van der Waals surface area (Å²) in [7, 11) is 0. The Morgan fingerprint density at radius 2 is 1.86 bits per heavy atom. The van der Waals surface area contributed by atoms with E-state index in [-0.39, 0.29) is 18.6 Å². The van der Waals surface area contributed by atoms with Gasteiger partial charge in [-0.2, -0.15) is 0 Å². The molecule has 1 aromatic carbocycles. The highest BCUT2D eigenvalue weighted by Crippen LogP contribution is 2.38. The highest BCUT2D eigenvalue weighted by atomic mass is 16.5. The molecule has 2 bridgehead atoms. The molecule has 0 unspecified atom stereocenters. The summed E-state index contributed by atoms with van der Waals surface area (Å²) in [6, 6.07) is 10.0. The number of ether oxygens (including phenoxy) is 1. The van der Waals surface area contributed by atoms with E-state index >= 15 is 0 Å². The smallest absolute Gasteiger partial charge is 0.331 e. The molecule has 6 nitrogen and oxygen atoms in total. The molecule has 4 fully saturated rings. The Kier molecular flexibility index (Phi) is 5.67. The summed E-state index contributed by atoms with van der Waals surface area (Å²) in [6.07, 6.45) is 5.20. The number of hydrogen-bond acceptors (Lipinski definition) is 5. The maximum Gasteiger partial charge on any atom is 0.331 e. The molecule has 6 heteroatoms. The van der Waals surface area contributed by atoms with Gasteiger partial charge in [-0.15, -0.1) is 0 Å². The predicted molar refractivity (Wildman–Crippen MR) is 109 cm³/mol. The summed E-state index contributed by atoms with van der Waals surface area (Å²) in [5.41, 5.74) is 0.197. The van der Waals surface area contributed by atoms with Gasteiger partial charge in [-0.25, -0.2) is 4.79 Å². The van der Waals surface area contributed by atoms with Crippen molar-refractivity contribution in [2.45, 2.75) is 50.7 Å². The number of quaternary nitrogens is 1. The lowest BCUT2D eigenvalue weighted by Crippen LogP contribution is -2.67. The van der Waals surface area contributed by atoms with Crippen molar-refractivity contribution in [3.63, 3.8) is 0 Å². The zero-order chi connectivity index (χ0) is 20.5. The molecule has 29 heavy (non-hydrogen) atoms. The number of likely N-dealkylation sites (tertiary alicyclic amines) is 1. The minimum atomic E-state index is -0.788. The van der Waals surface area contributed by atoms with Crippen molar-refractivity contribution in [2.24, 2.45) is 5.92 Å². The fraction of sp³-hybridized carbons (Fsp3) is 0.652. The fourth-order valence-corrected chi connectivity index (χ4v) is 5.67. The van der Waals surface area contributed by atoms with Crippen molar-refractivity contribution < 1.29 is 19.1 Å². The molecule has 0 aromatic heterocycles. The van der Waals surface area contributed by atoms with E-state index in [1.807, 2.05) is 37.3 Å². The monoisotopic (exact) mass is 399 g/mol. The van der Waals surface area contributed by atoms with Crippen molar-refractivity contribution >= 4 is 11.9 Å². The quantitative estimate of drug-likeness (QED) is 0.343. The van der Waals surface area contributed by atoms with Crippen LogP contribution in [0.2, 0.25) is 0 Å². The number of esters is 1. The van der Waals surface area contributed by atoms with Gasteiger partial charge in [0.1, 0.15) is 18.6 Å². The Hall–Kier alpha value is -1.92. The van der Waals surface area contributed by atoms with E-state index in [9.17, 15) is 9.90 Å². The maximum absolute atomic E-state index is 13.7. The minimum Gasteiger partial charge on any atom is -0.858 e. The SMILES string of the molecule is C[C@@](C(=O)O[C@@H]1C[N+]2(CC(=N)[O-])CCC1CC2)(c1ccccc1)N1CCCCC1. The van der Waals surface area contributed by atoms with E-state index in [1.165, 1.54) is 6.42 Å². The van der Waals surface area contributed by atoms with E-state index in [0.29, 0.717) is 16.9 Å². The van der Waals surface area contributed by atoms with Crippen molar-refractivity contribution in [3.05, 3.63) is 35.9 Å². The molecule has 0 saturated carbocycles. The molecule has 0 amide bonds. The normalized spacial score (nSPS) is 31.8. The number of carbonyl (C=O) groups excluding carboxylic acids is 1. The predicted octanol–water partition coefficient (Wildman–Crippen LogP) is 1.88. The van der Waals surface area contributed by atoms with Crippen LogP contribution in [0.15, 0.2) is 30.3 Å². The second-order valence-corrected chi connectivity index (χ2v) is 9.32. The van der Waals surface area contributed by atoms with Crippen molar-refractivity contribution in [3.8, 4) is 0 Å². The van der Waals surface area contributed by atoms with E-state index in [0.717, 1.165) is 57.4 Å². The minimum absolute atomic E-state index is 0.155. The Bertz CT molecular complexity index is 739. The van der Waals surface area contributed by atoms with Gasteiger partial charge in [-0.1, -0.05) is 36.8 Å². The number of carbonyl (C=O) groups is 1. The number of nitrogens with one attached hydrogen (secondary N) is 1. The third kappa shape index (κ3) is 3.92. The van der Waals surface area contributed by atoms with Gasteiger partial charge in [0.25, 0.3) is 0 Å². The molecular weight excluding hydrogens is 366 g/mol. The van der Waals surface area contributed by atoms with Crippen LogP contribution in [-0.4, -0.2) is 66.6 Å². The van der Waals surface area contributed by atoms with Crippen LogP contribution in [0.3, 0.4) is 0 Å². The molecule has 1 N–H and O–H groups in total. The molecule has 4 heterocycles. The summed E-state index contributed by atoms with van der Waals surface area (Å²) in [5, 5.41) is 19.0. The van der Waals surface area contributed by atoms with Crippen molar-refractivity contribution in [1.82, 2.24) is 4.90 Å². The van der Waals surface area contributed by atoms with Gasteiger partial charge >= 0.3 is 5.97 Å². The molecule has 1 aromatic rings. The molecule has 0 spiro atoms. The van der Waals surface area contributed by atoms with Gasteiger partial charge in [0.2, 0.25) is 0 Å². The molecule has 5 rings (SSSR count). The van der Waals surface area contributed by atoms with Crippen LogP contribution in [0.25, 0.3) is 0 Å². The molecule has 0 aliphatic carbocycles. The first-order valence-corrected chi connectivity index (χ1v) is 11.0. The number of fused-ring (bicyclic) bond motifs is 3. The molecule has 4 aliphatic rings. The standard InChI is InChI=1S/C23H33N3O3/c1-23(19-8-4-2-5-9-19,25-12-6-3-7-13-25)22(28)29-20-16-26(17-21(24)27)14-10-18(20)11-15-26/h2,4-5,8-9,18,20H,3,6-7,10-17H2,1H3,(H-,24,27)/t18?,20-,23+,26?/m1/s1. The van der Waals surface area contributed by atoms with Crippen LogP contribution in [-0.2, 0) is 15.1 Å². The topological polar surface area (TPSA) is 76.5 Å². The Labute approximate surface area is 173 Å². The summed E-state index contributed by atoms with van der Waals surface area (Å²) in [5.74, 6) is -0.307. The van der Waals surface area contributed by atoms with E-state index < -0.39 is 11.4 Å². The van der Waals surface area contributed by atoms with Crippen LogP contribution < -0.4 is 5.11 Å². The van der Waals surface area contributed by atoms with Gasteiger partial charge in [-0.05, 0) is 38.4 Å². The molecule has 0 radical (unpaired) electrons. The second-order valence-electron chi connectivity index (χ2n) is 9.32. The van der Waals surface area contributed by atoms with Crippen molar-refractivity contribution in [1.29, 1.82) is 5.41 Å². The van der Waals surface area contributed by atoms with Crippen LogP contribution in [0.5, 0.6) is 0 Å².